The van der Waals surface area contributed by atoms with E-state index in [-0.39, 0.29) is 11.7 Å². The number of rotatable bonds is 9. The highest BCUT2D eigenvalue weighted by molar-refractivity contribution is 7.99. The van der Waals surface area contributed by atoms with E-state index in [9.17, 15) is 4.79 Å². The summed E-state index contributed by atoms with van der Waals surface area (Å²) in [5, 5.41) is 13.1. The lowest BCUT2D eigenvalue weighted by molar-refractivity contribution is -0.118. The van der Waals surface area contributed by atoms with Gasteiger partial charge in [-0.25, -0.2) is 0 Å². The van der Waals surface area contributed by atoms with Gasteiger partial charge in [0.1, 0.15) is 0 Å². The molecule has 6 nitrogen and oxygen atoms in total. The Morgan fingerprint density at radius 3 is 2.69 bits per heavy atom. The van der Waals surface area contributed by atoms with E-state index in [1.165, 1.54) is 11.8 Å². The van der Waals surface area contributed by atoms with E-state index < -0.39 is 0 Å². The molecule has 2 aromatic carbocycles. The van der Waals surface area contributed by atoms with E-state index in [0.29, 0.717) is 40.7 Å². The van der Waals surface area contributed by atoms with E-state index in [1.54, 1.807) is 19.2 Å². The largest absolute Gasteiger partial charge is 0.383 e. The topological polar surface area (TPSA) is 69.0 Å². The molecule has 29 heavy (non-hydrogen) atoms. The minimum Gasteiger partial charge on any atom is -0.383 e. The van der Waals surface area contributed by atoms with Gasteiger partial charge in [0.05, 0.1) is 23.9 Å². The predicted octanol–water partition coefficient (Wildman–Crippen LogP) is 4.15. The van der Waals surface area contributed by atoms with Gasteiger partial charge in [-0.3, -0.25) is 9.36 Å². The lowest BCUT2D eigenvalue weighted by Crippen LogP contribution is -2.28. The Morgan fingerprint density at radius 2 is 1.97 bits per heavy atom. The average molecular weight is 451 g/mol. The van der Waals surface area contributed by atoms with Crippen LogP contribution in [-0.4, -0.2) is 46.7 Å². The van der Waals surface area contributed by atoms with Gasteiger partial charge >= 0.3 is 0 Å². The van der Waals surface area contributed by atoms with Gasteiger partial charge in [-0.2, -0.15) is 0 Å². The van der Waals surface area contributed by atoms with Crippen LogP contribution in [0.15, 0.2) is 53.7 Å². The molecular weight excluding hydrogens is 431 g/mol. The molecule has 0 aliphatic rings. The summed E-state index contributed by atoms with van der Waals surface area (Å²) in [6, 6.07) is 15.2. The summed E-state index contributed by atoms with van der Waals surface area (Å²) >= 11 is 13.8. The van der Waals surface area contributed by atoms with Gasteiger partial charge in [0.25, 0.3) is 0 Å². The second kappa shape index (κ2) is 10.6. The average Bonchev–Trinajstić information content (AvgIpc) is 3.09. The van der Waals surface area contributed by atoms with Crippen molar-refractivity contribution in [1.82, 2.24) is 20.1 Å². The first-order valence-corrected chi connectivity index (χ1v) is 10.6. The van der Waals surface area contributed by atoms with Crippen molar-refractivity contribution >= 4 is 40.9 Å². The summed E-state index contributed by atoms with van der Waals surface area (Å²) < 4.78 is 6.90. The number of benzene rings is 2. The number of ether oxygens (including phenoxy) is 1. The molecule has 1 N–H and O–H groups in total. The Kier molecular flexibility index (Phi) is 7.94. The highest BCUT2D eigenvalue weighted by Gasteiger charge is 2.18. The molecule has 0 aliphatic carbocycles. The lowest BCUT2D eigenvalue weighted by atomic mass is 10.2. The number of hydrogen-bond donors (Lipinski definition) is 1. The van der Waals surface area contributed by atoms with Crippen LogP contribution in [0.2, 0.25) is 10.0 Å². The molecule has 0 radical (unpaired) electrons. The van der Waals surface area contributed by atoms with Gasteiger partial charge in [0, 0.05) is 24.2 Å². The number of carbonyl (C=O) groups excluding carboxylic acids is 1. The van der Waals surface area contributed by atoms with E-state index in [4.69, 9.17) is 27.9 Å². The third kappa shape index (κ3) is 5.96. The number of halogens is 2. The summed E-state index contributed by atoms with van der Waals surface area (Å²) in [6.07, 6.45) is 0. The summed E-state index contributed by atoms with van der Waals surface area (Å²) in [7, 11) is 1.59. The number of methoxy groups -OCH3 is 1. The molecule has 0 atom stereocenters. The quantitative estimate of drug-likeness (QED) is 0.391. The number of thioether (sulfide) groups is 1. The number of nitrogens with zero attached hydrogens (tertiary/aromatic N) is 3. The van der Waals surface area contributed by atoms with Gasteiger partial charge in [-0.15, -0.1) is 10.2 Å². The number of nitrogens with one attached hydrogen (secondary N) is 1. The molecule has 0 unspecified atom stereocenters. The van der Waals surface area contributed by atoms with E-state index in [1.807, 2.05) is 41.0 Å². The highest BCUT2D eigenvalue weighted by atomic mass is 35.5. The molecule has 0 aliphatic heterocycles. The fraction of sp³-hybridized carbons (Fsp3) is 0.250. The zero-order chi connectivity index (χ0) is 20.6. The van der Waals surface area contributed by atoms with Crippen molar-refractivity contribution in [1.29, 1.82) is 0 Å². The maximum atomic E-state index is 12.0. The highest BCUT2D eigenvalue weighted by Crippen LogP contribution is 2.32. The lowest BCUT2D eigenvalue weighted by Gasteiger charge is -2.11. The van der Waals surface area contributed by atoms with E-state index in [2.05, 4.69) is 15.5 Å². The molecule has 9 heteroatoms. The zero-order valence-electron chi connectivity index (χ0n) is 15.8. The van der Waals surface area contributed by atoms with Crippen LogP contribution in [0, 0.1) is 0 Å². The summed E-state index contributed by atoms with van der Waals surface area (Å²) in [5.41, 5.74) is 1.82. The minimum atomic E-state index is -0.0904. The summed E-state index contributed by atoms with van der Waals surface area (Å²) in [4.78, 5) is 12.0. The maximum Gasteiger partial charge on any atom is 0.230 e. The molecule has 3 rings (SSSR count). The Labute approximate surface area is 183 Å². The normalized spacial score (nSPS) is 10.9. The van der Waals surface area contributed by atoms with Crippen molar-refractivity contribution in [2.75, 3.05) is 26.0 Å². The Hall–Kier alpha value is -2.06. The molecule has 0 saturated carbocycles. The molecular formula is C20H20Cl2N4O2S. The monoisotopic (exact) mass is 450 g/mol. The number of carbonyl (C=O) groups is 1. The first-order chi connectivity index (χ1) is 14.1. The Bertz CT molecular complexity index is 966. The molecule has 1 amide bonds. The second-order valence-corrected chi connectivity index (χ2v) is 7.92. The maximum absolute atomic E-state index is 12.0. The van der Waals surface area contributed by atoms with Gasteiger partial charge in [0.15, 0.2) is 11.0 Å². The first kappa shape index (κ1) is 21.6. The van der Waals surface area contributed by atoms with Crippen LogP contribution in [0.25, 0.3) is 11.4 Å². The molecule has 3 aromatic rings. The fourth-order valence-electron chi connectivity index (χ4n) is 2.65. The van der Waals surface area contributed by atoms with Crippen molar-refractivity contribution in [2.45, 2.75) is 11.7 Å². The Balaban J connectivity index is 1.86. The van der Waals surface area contributed by atoms with Crippen molar-refractivity contribution in [3.63, 3.8) is 0 Å². The van der Waals surface area contributed by atoms with Crippen molar-refractivity contribution in [3.8, 4) is 11.4 Å². The second-order valence-electron chi connectivity index (χ2n) is 6.13. The fourth-order valence-corrected chi connectivity index (χ4v) is 3.91. The smallest absolute Gasteiger partial charge is 0.230 e. The van der Waals surface area contributed by atoms with Crippen LogP contribution >= 0.6 is 35.0 Å². The van der Waals surface area contributed by atoms with Crippen LogP contribution in [0.5, 0.6) is 0 Å². The van der Waals surface area contributed by atoms with Crippen molar-refractivity contribution in [2.24, 2.45) is 0 Å². The van der Waals surface area contributed by atoms with Gasteiger partial charge in [-0.05, 0) is 23.8 Å². The molecule has 1 heterocycles. The number of aromatic nitrogens is 3. The van der Waals surface area contributed by atoms with Gasteiger partial charge < -0.3 is 10.1 Å². The minimum absolute atomic E-state index is 0.0904. The van der Waals surface area contributed by atoms with Gasteiger partial charge in [0.2, 0.25) is 5.91 Å². The van der Waals surface area contributed by atoms with E-state index in [0.717, 1.165) is 11.1 Å². The number of amides is 1. The zero-order valence-corrected chi connectivity index (χ0v) is 18.1. The molecule has 0 bridgehead atoms. The van der Waals surface area contributed by atoms with Gasteiger partial charge in [-0.1, -0.05) is 65.3 Å². The third-order valence-electron chi connectivity index (χ3n) is 4.03. The van der Waals surface area contributed by atoms with Crippen LogP contribution in [0.1, 0.15) is 5.56 Å². The Morgan fingerprint density at radius 1 is 1.17 bits per heavy atom. The van der Waals surface area contributed by atoms with Crippen molar-refractivity contribution in [3.05, 3.63) is 64.1 Å². The molecule has 0 saturated heterocycles. The summed E-state index contributed by atoms with van der Waals surface area (Å²) in [5.74, 6) is 0.760. The standard InChI is InChI=1S/C20H20Cl2N4O2S/c1-28-10-9-23-18(27)13-29-20-25-24-19(16-8-7-15(21)11-17(16)22)26(20)12-14-5-3-2-4-6-14/h2-8,11H,9-10,12-13H2,1H3,(H,23,27). The first-order valence-electron chi connectivity index (χ1n) is 8.89. The SMILES string of the molecule is COCCNC(=O)CSc1nnc(-c2ccc(Cl)cc2Cl)n1Cc1ccccc1. The van der Waals surface area contributed by atoms with Crippen LogP contribution in [-0.2, 0) is 16.1 Å². The van der Waals surface area contributed by atoms with E-state index >= 15 is 0 Å². The summed E-state index contributed by atoms with van der Waals surface area (Å²) in [6.45, 7) is 1.49. The third-order valence-corrected chi connectivity index (χ3v) is 5.55. The van der Waals surface area contributed by atoms with Crippen LogP contribution < -0.4 is 5.32 Å². The molecule has 1 aromatic heterocycles. The molecule has 152 valence electrons. The van der Waals surface area contributed by atoms with Crippen LogP contribution in [0.3, 0.4) is 0 Å². The van der Waals surface area contributed by atoms with Crippen molar-refractivity contribution < 1.29 is 9.53 Å². The molecule has 0 spiro atoms. The van der Waals surface area contributed by atoms with Crippen LogP contribution in [0.4, 0.5) is 0 Å². The number of hydrogen-bond acceptors (Lipinski definition) is 5. The molecule has 0 fully saturated rings. The predicted molar refractivity (Wildman–Crippen MR) is 117 cm³/mol.